The fourth-order valence-electron chi connectivity index (χ4n) is 4.50. The number of hydrogen-bond donors (Lipinski definition) is 2. The van der Waals surface area contributed by atoms with E-state index in [1.807, 2.05) is 35.2 Å². The fraction of sp³-hybridized carbons (Fsp3) is 0.348. The molecule has 8 heteroatoms. The number of nitrogens with zero attached hydrogens (tertiary/aromatic N) is 4. The molecule has 3 heterocycles. The molecule has 31 heavy (non-hydrogen) atoms. The lowest BCUT2D eigenvalue weighted by Crippen LogP contribution is -2.49. The molecule has 0 aliphatic carbocycles. The Balaban J connectivity index is 1.55. The van der Waals surface area contributed by atoms with Gasteiger partial charge in [0.15, 0.2) is 0 Å². The second-order valence-electron chi connectivity index (χ2n) is 7.87. The first-order chi connectivity index (χ1) is 15.0. The number of rotatable bonds is 7. The van der Waals surface area contributed by atoms with Crippen molar-refractivity contribution in [2.75, 3.05) is 32.7 Å². The molecule has 162 valence electrons. The average Bonchev–Trinajstić information content (AvgIpc) is 3.06. The van der Waals surface area contributed by atoms with Gasteiger partial charge in [-0.25, -0.2) is 4.79 Å². The van der Waals surface area contributed by atoms with Crippen molar-refractivity contribution < 1.29 is 19.8 Å². The Bertz CT molecular complexity index is 1090. The van der Waals surface area contributed by atoms with Crippen LogP contribution in [0.5, 0.6) is 0 Å². The number of fused-ring (bicyclic) bond motifs is 1. The molecule has 1 aliphatic rings. The molecule has 4 rings (SSSR count). The monoisotopic (exact) mass is 422 g/mol. The predicted octanol–water partition coefficient (Wildman–Crippen LogP) is 2.26. The average molecular weight is 422 g/mol. The zero-order chi connectivity index (χ0) is 22.0. The molecule has 0 unspecified atom stereocenters. The van der Waals surface area contributed by atoms with Gasteiger partial charge in [0.1, 0.15) is 11.7 Å². The van der Waals surface area contributed by atoms with Crippen LogP contribution in [0.25, 0.3) is 10.9 Å². The summed E-state index contributed by atoms with van der Waals surface area (Å²) in [6.45, 7) is 3.50. The number of aryl methyl sites for hydroxylation is 1. The number of carbonyl (C=O) groups is 2. The third-order valence-electron chi connectivity index (χ3n) is 6.09. The maximum Gasteiger partial charge on any atom is 0.352 e. The van der Waals surface area contributed by atoms with Crippen molar-refractivity contribution in [1.82, 2.24) is 19.4 Å². The van der Waals surface area contributed by atoms with Gasteiger partial charge >= 0.3 is 11.9 Å². The van der Waals surface area contributed by atoms with Crippen LogP contribution < -0.4 is 0 Å². The molecule has 3 aromatic rings. The summed E-state index contributed by atoms with van der Waals surface area (Å²) in [5, 5.41) is 20.6. The van der Waals surface area contributed by atoms with Gasteiger partial charge in [-0.2, -0.15) is 0 Å². The fourth-order valence-corrected chi connectivity index (χ4v) is 4.50. The first-order valence-corrected chi connectivity index (χ1v) is 10.4. The lowest BCUT2D eigenvalue weighted by Gasteiger charge is -2.38. The Hall–Kier alpha value is -3.23. The summed E-state index contributed by atoms with van der Waals surface area (Å²) in [6.07, 6.45) is 4.49. The van der Waals surface area contributed by atoms with E-state index in [1.54, 1.807) is 30.1 Å². The number of pyridine rings is 1. The number of para-hydroxylation sites is 1. The SMILES string of the molecule is Cn1c(C(=O)O)c([C@@H](C(=O)O)N2CCN(CCc3ccncc3)CC2)c2ccccc21. The molecule has 0 saturated carbocycles. The zero-order valence-electron chi connectivity index (χ0n) is 17.4. The number of aliphatic carboxylic acids is 1. The molecule has 1 aromatic carbocycles. The van der Waals surface area contributed by atoms with Crippen molar-refractivity contribution in [3.05, 3.63) is 65.6 Å². The van der Waals surface area contributed by atoms with Gasteiger partial charge in [0.25, 0.3) is 0 Å². The maximum absolute atomic E-state index is 12.4. The minimum atomic E-state index is -1.11. The number of piperazine rings is 1. The van der Waals surface area contributed by atoms with E-state index in [0.29, 0.717) is 24.0 Å². The van der Waals surface area contributed by atoms with Crippen LogP contribution in [-0.4, -0.2) is 74.2 Å². The van der Waals surface area contributed by atoms with Gasteiger partial charge in [-0.1, -0.05) is 18.2 Å². The lowest BCUT2D eigenvalue weighted by atomic mass is 10.00. The summed E-state index contributed by atoms with van der Waals surface area (Å²) in [6, 6.07) is 10.3. The van der Waals surface area contributed by atoms with Gasteiger partial charge in [-0.15, -0.1) is 0 Å². The Labute approximate surface area is 180 Å². The van der Waals surface area contributed by atoms with Crippen molar-refractivity contribution in [1.29, 1.82) is 0 Å². The first kappa shape index (κ1) is 21.0. The van der Waals surface area contributed by atoms with Crippen molar-refractivity contribution in [3.8, 4) is 0 Å². The molecule has 2 N–H and O–H groups in total. The highest BCUT2D eigenvalue weighted by Crippen LogP contribution is 2.34. The quantitative estimate of drug-likeness (QED) is 0.603. The van der Waals surface area contributed by atoms with Gasteiger partial charge in [0.05, 0.1) is 0 Å². The van der Waals surface area contributed by atoms with Crippen LogP contribution in [0.3, 0.4) is 0 Å². The van der Waals surface area contributed by atoms with E-state index >= 15 is 0 Å². The highest BCUT2D eigenvalue weighted by molar-refractivity contribution is 6.01. The molecule has 8 nitrogen and oxygen atoms in total. The summed E-state index contributed by atoms with van der Waals surface area (Å²) in [7, 11) is 1.67. The van der Waals surface area contributed by atoms with E-state index in [4.69, 9.17) is 0 Å². The third-order valence-corrected chi connectivity index (χ3v) is 6.09. The zero-order valence-corrected chi connectivity index (χ0v) is 17.4. The molecule has 1 saturated heterocycles. The highest BCUT2D eigenvalue weighted by Gasteiger charge is 2.36. The predicted molar refractivity (Wildman–Crippen MR) is 116 cm³/mol. The number of carboxylic acid groups (broad SMARTS) is 2. The molecule has 1 fully saturated rings. The Kier molecular flexibility index (Phi) is 6.01. The second kappa shape index (κ2) is 8.87. The molecular weight excluding hydrogens is 396 g/mol. The molecular formula is C23H26N4O4. The van der Waals surface area contributed by atoms with Gasteiger partial charge in [0, 0.05) is 68.6 Å². The molecule has 1 aliphatic heterocycles. The van der Waals surface area contributed by atoms with Crippen LogP contribution in [0, 0.1) is 0 Å². The molecule has 0 spiro atoms. The van der Waals surface area contributed by atoms with Crippen LogP contribution in [-0.2, 0) is 18.3 Å². The topological polar surface area (TPSA) is 98.9 Å². The van der Waals surface area contributed by atoms with E-state index in [9.17, 15) is 19.8 Å². The van der Waals surface area contributed by atoms with Crippen LogP contribution >= 0.6 is 0 Å². The van der Waals surface area contributed by atoms with Crippen molar-refractivity contribution in [3.63, 3.8) is 0 Å². The Morgan fingerprint density at radius 1 is 1.03 bits per heavy atom. The maximum atomic E-state index is 12.4. The Morgan fingerprint density at radius 3 is 2.35 bits per heavy atom. The van der Waals surface area contributed by atoms with Gasteiger partial charge in [-0.05, 0) is 30.2 Å². The van der Waals surface area contributed by atoms with E-state index in [1.165, 1.54) is 5.56 Å². The van der Waals surface area contributed by atoms with Gasteiger partial charge < -0.3 is 19.7 Å². The van der Waals surface area contributed by atoms with Crippen molar-refractivity contribution in [2.24, 2.45) is 7.05 Å². The van der Waals surface area contributed by atoms with Crippen LogP contribution in [0.15, 0.2) is 48.8 Å². The van der Waals surface area contributed by atoms with Gasteiger partial charge in [0.2, 0.25) is 0 Å². The summed E-state index contributed by atoms with van der Waals surface area (Å²) in [5.41, 5.74) is 2.34. The molecule has 0 radical (unpaired) electrons. The summed E-state index contributed by atoms with van der Waals surface area (Å²) in [5.74, 6) is -2.14. The largest absolute Gasteiger partial charge is 0.480 e. The number of benzene rings is 1. The summed E-state index contributed by atoms with van der Waals surface area (Å²) >= 11 is 0. The van der Waals surface area contributed by atoms with Crippen LogP contribution in [0.4, 0.5) is 0 Å². The highest BCUT2D eigenvalue weighted by atomic mass is 16.4. The third kappa shape index (κ3) is 4.17. The summed E-state index contributed by atoms with van der Waals surface area (Å²) < 4.78 is 1.58. The smallest absolute Gasteiger partial charge is 0.352 e. The normalized spacial score (nSPS) is 16.4. The van der Waals surface area contributed by atoms with Crippen LogP contribution in [0.1, 0.15) is 27.7 Å². The standard InChI is InChI=1S/C23H26N4O4/c1-25-18-5-3-2-4-17(18)19(20(25)22(28)29)21(23(30)31)27-14-12-26(13-15-27)11-8-16-6-9-24-10-7-16/h2-7,9-10,21H,8,11-15H2,1H3,(H,28,29)(H,30,31)/t21-/m0/s1. The number of carboxylic acids is 2. The molecule has 0 bridgehead atoms. The van der Waals surface area contributed by atoms with Gasteiger partial charge in [-0.3, -0.25) is 14.7 Å². The lowest BCUT2D eigenvalue weighted by molar-refractivity contribution is -0.144. The van der Waals surface area contributed by atoms with Crippen molar-refractivity contribution in [2.45, 2.75) is 12.5 Å². The van der Waals surface area contributed by atoms with Crippen LogP contribution in [0.2, 0.25) is 0 Å². The number of aromatic nitrogens is 2. The summed E-state index contributed by atoms with van der Waals surface area (Å²) in [4.78, 5) is 32.6. The van der Waals surface area contributed by atoms with E-state index in [-0.39, 0.29) is 5.69 Å². The number of aromatic carboxylic acids is 1. The molecule has 1 atom stereocenters. The minimum absolute atomic E-state index is 0.0358. The second-order valence-corrected chi connectivity index (χ2v) is 7.87. The Morgan fingerprint density at radius 2 is 1.71 bits per heavy atom. The van der Waals surface area contributed by atoms with E-state index in [2.05, 4.69) is 9.88 Å². The van der Waals surface area contributed by atoms with Crippen molar-refractivity contribution >= 4 is 22.8 Å². The minimum Gasteiger partial charge on any atom is -0.480 e. The van der Waals surface area contributed by atoms with E-state index in [0.717, 1.165) is 31.6 Å². The van der Waals surface area contributed by atoms with E-state index < -0.39 is 18.0 Å². The number of hydrogen-bond acceptors (Lipinski definition) is 5. The molecule has 2 aromatic heterocycles. The molecule has 0 amide bonds. The first-order valence-electron chi connectivity index (χ1n) is 10.4.